The van der Waals surface area contributed by atoms with E-state index in [0.29, 0.717) is 11.8 Å². The fraction of sp³-hybridized carbons (Fsp3) is 0.938. The Labute approximate surface area is 118 Å². The Kier molecular flexibility index (Phi) is 6.15. The Balaban J connectivity index is 1.85. The van der Waals surface area contributed by atoms with E-state index in [1.807, 2.05) is 0 Å². The van der Waals surface area contributed by atoms with E-state index in [2.05, 4.69) is 17.1 Å². The molecule has 0 aromatic heterocycles. The van der Waals surface area contributed by atoms with Gasteiger partial charge in [-0.2, -0.15) is 0 Å². The average molecular weight is 266 g/mol. The molecule has 1 heterocycles. The Morgan fingerprint density at radius 3 is 2.26 bits per heavy atom. The van der Waals surface area contributed by atoms with Crippen LogP contribution in [-0.4, -0.2) is 37.0 Å². The molecule has 2 fully saturated rings. The van der Waals surface area contributed by atoms with Gasteiger partial charge in [0.05, 0.1) is 0 Å². The lowest BCUT2D eigenvalue weighted by molar-refractivity contribution is -0.136. The topological polar surface area (TPSA) is 32.3 Å². The summed E-state index contributed by atoms with van der Waals surface area (Å²) in [5.74, 6) is 1.49. The molecular weight excluding hydrogens is 236 g/mol. The van der Waals surface area contributed by atoms with Gasteiger partial charge >= 0.3 is 0 Å². The van der Waals surface area contributed by atoms with Crippen molar-refractivity contribution >= 4 is 5.91 Å². The molecule has 0 bridgehead atoms. The van der Waals surface area contributed by atoms with Crippen LogP contribution in [0, 0.1) is 11.8 Å². The molecule has 1 aliphatic heterocycles. The molecule has 2 rings (SSSR count). The molecule has 1 saturated carbocycles. The third-order valence-electron chi connectivity index (χ3n) is 4.84. The van der Waals surface area contributed by atoms with Crippen molar-refractivity contribution < 1.29 is 4.79 Å². The standard InChI is InChI=1S/C16H30N2O/c1-2-18(13-14-9-11-17-12-10-14)16(19)15-7-5-3-4-6-8-15/h14-15,17H,2-13H2,1H3. The molecule has 19 heavy (non-hydrogen) atoms. The van der Waals surface area contributed by atoms with Crippen LogP contribution in [0.3, 0.4) is 0 Å². The van der Waals surface area contributed by atoms with E-state index in [1.54, 1.807) is 0 Å². The minimum atomic E-state index is 0.323. The van der Waals surface area contributed by atoms with Gasteiger partial charge in [0.2, 0.25) is 5.91 Å². The average Bonchev–Trinajstić information content (AvgIpc) is 2.74. The van der Waals surface area contributed by atoms with Gasteiger partial charge in [-0.1, -0.05) is 25.7 Å². The third kappa shape index (κ3) is 4.48. The predicted molar refractivity (Wildman–Crippen MR) is 79.0 cm³/mol. The van der Waals surface area contributed by atoms with Crippen molar-refractivity contribution in [2.24, 2.45) is 11.8 Å². The molecule has 3 nitrogen and oxygen atoms in total. The van der Waals surface area contributed by atoms with Gasteiger partial charge in [-0.3, -0.25) is 4.79 Å². The number of carbonyl (C=O) groups excluding carboxylic acids is 1. The van der Waals surface area contributed by atoms with Crippen LogP contribution in [0.5, 0.6) is 0 Å². The summed E-state index contributed by atoms with van der Waals surface area (Å²) in [4.78, 5) is 14.8. The summed E-state index contributed by atoms with van der Waals surface area (Å²) in [6.45, 7) is 6.27. The maximum Gasteiger partial charge on any atom is 0.225 e. The minimum Gasteiger partial charge on any atom is -0.342 e. The molecule has 0 aromatic carbocycles. The van der Waals surface area contributed by atoms with E-state index in [1.165, 1.54) is 38.5 Å². The smallest absolute Gasteiger partial charge is 0.225 e. The Morgan fingerprint density at radius 1 is 1.05 bits per heavy atom. The maximum absolute atomic E-state index is 12.7. The number of hydrogen-bond acceptors (Lipinski definition) is 2. The zero-order valence-electron chi connectivity index (χ0n) is 12.5. The predicted octanol–water partition coefficient (Wildman–Crippen LogP) is 2.80. The molecule has 0 aromatic rings. The number of rotatable bonds is 4. The molecule has 2 aliphatic rings. The fourth-order valence-electron chi connectivity index (χ4n) is 3.54. The van der Waals surface area contributed by atoms with Crippen molar-refractivity contribution in [1.82, 2.24) is 10.2 Å². The molecule has 0 spiro atoms. The minimum absolute atomic E-state index is 0.323. The van der Waals surface area contributed by atoms with Crippen molar-refractivity contribution in [2.75, 3.05) is 26.2 Å². The number of nitrogens with zero attached hydrogens (tertiary/aromatic N) is 1. The van der Waals surface area contributed by atoms with Crippen LogP contribution in [0.25, 0.3) is 0 Å². The molecule has 0 radical (unpaired) electrons. The Bertz CT molecular complexity index is 266. The summed E-state index contributed by atoms with van der Waals surface area (Å²) >= 11 is 0. The molecule has 0 unspecified atom stereocenters. The Morgan fingerprint density at radius 2 is 1.68 bits per heavy atom. The first-order valence-corrected chi connectivity index (χ1v) is 8.30. The van der Waals surface area contributed by atoms with Crippen molar-refractivity contribution in [2.45, 2.75) is 58.3 Å². The molecule has 3 heteroatoms. The first-order valence-electron chi connectivity index (χ1n) is 8.30. The first kappa shape index (κ1) is 14.8. The fourth-order valence-corrected chi connectivity index (χ4v) is 3.54. The molecule has 1 N–H and O–H groups in total. The van der Waals surface area contributed by atoms with Gasteiger partial charge in [-0.15, -0.1) is 0 Å². The Hall–Kier alpha value is -0.570. The third-order valence-corrected chi connectivity index (χ3v) is 4.84. The highest BCUT2D eigenvalue weighted by atomic mass is 16.2. The summed E-state index contributed by atoms with van der Waals surface area (Å²) in [7, 11) is 0. The lowest BCUT2D eigenvalue weighted by Gasteiger charge is -2.31. The van der Waals surface area contributed by atoms with Gasteiger partial charge in [0.15, 0.2) is 0 Å². The highest BCUT2D eigenvalue weighted by Gasteiger charge is 2.26. The molecule has 110 valence electrons. The van der Waals surface area contributed by atoms with Crippen molar-refractivity contribution in [3.8, 4) is 0 Å². The lowest BCUT2D eigenvalue weighted by Crippen LogP contribution is -2.41. The van der Waals surface area contributed by atoms with Crippen LogP contribution in [0.15, 0.2) is 0 Å². The number of piperidine rings is 1. The summed E-state index contributed by atoms with van der Waals surface area (Å²) in [5.41, 5.74) is 0. The van der Waals surface area contributed by atoms with E-state index in [0.717, 1.165) is 44.9 Å². The maximum atomic E-state index is 12.7. The number of nitrogens with one attached hydrogen (secondary N) is 1. The first-order chi connectivity index (χ1) is 9.31. The second-order valence-electron chi connectivity index (χ2n) is 6.26. The van der Waals surface area contributed by atoms with Crippen LogP contribution >= 0.6 is 0 Å². The van der Waals surface area contributed by atoms with Crippen LogP contribution in [0.1, 0.15) is 58.3 Å². The van der Waals surface area contributed by atoms with E-state index < -0.39 is 0 Å². The summed E-state index contributed by atoms with van der Waals surface area (Å²) in [5, 5.41) is 3.40. The lowest BCUT2D eigenvalue weighted by atomic mass is 9.95. The number of carbonyl (C=O) groups is 1. The number of amides is 1. The second kappa shape index (κ2) is 7.88. The molecule has 1 amide bonds. The SMILES string of the molecule is CCN(CC1CCNCC1)C(=O)C1CCCCCC1. The highest BCUT2D eigenvalue weighted by Crippen LogP contribution is 2.25. The molecule has 1 saturated heterocycles. The van der Waals surface area contributed by atoms with Crippen molar-refractivity contribution in [1.29, 1.82) is 0 Å². The van der Waals surface area contributed by atoms with Gasteiger partial charge in [0, 0.05) is 19.0 Å². The monoisotopic (exact) mass is 266 g/mol. The van der Waals surface area contributed by atoms with E-state index >= 15 is 0 Å². The zero-order valence-corrected chi connectivity index (χ0v) is 12.5. The van der Waals surface area contributed by atoms with E-state index in [9.17, 15) is 4.79 Å². The van der Waals surface area contributed by atoms with Crippen LogP contribution in [-0.2, 0) is 4.79 Å². The van der Waals surface area contributed by atoms with Crippen LogP contribution < -0.4 is 5.32 Å². The van der Waals surface area contributed by atoms with E-state index in [4.69, 9.17) is 0 Å². The van der Waals surface area contributed by atoms with Crippen molar-refractivity contribution in [3.63, 3.8) is 0 Å². The number of hydrogen-bond donors (Lipinski definition) is 1. The van der Waals surface area contributed by atoms with Crippen LogP contribution in [0.2, 0.25) is 0 Å². The van der Waals surface area contributed by atoms with Gasteiger partial charge in [0.1, 0.15) is 0 Å². The molecule has 0 atom stereocenters. The van der Waals surface area contributed by atoms with Gasteiger partial charge in [0.25, 0.3) is 0 Å². The largest absolute Gasteiger partial charge is 0.342 e. The van der Waals surface area contributed by atoms with E-state index in [-0.39, 0.29) is 0 Å². The summed E-state index contributed by atoms with van der Waals surface area (Å²) in [6.07, 6.45) is 9.86. The van der Waals surface area contributed by atoms with Crippen molar-refractivity contribution in [3.05, 3.63) is 0 Å². The normalized spacial score (nSPS) is 23.0. The van der Waals surface area contributed by atoms with Gasteiger partial charge < -0.3 is 10.2 Å². The summed E-state index contributed by atoms with van der Waals surface area (Å²) in [6, 6.07) is 0. The highest BCUT2D eigenvalue weighted by molar-refractivity contribution is 5.78. The van der Waals surface area contributed by atoms with Crippen LogP contribution in [0.4, 0.5) is 0 Å². The second-order valence-corrected chi connectivity index (χ2v) is 6.26. The molecular formula is C16H30N2O. The quantitative estimate of drug-likeness (QED) is 0.794. The molecule has 1 aliphatic carbocycles. The summed E-state index contributed by atoms with van der Waals surface area (Å²) < 4.78 is 0. The van der Waals surface area contributed by atoms with Gasteiger partial charge in [-0.05, 0) is 51.6 Å². The van der Waals surface area contributed by atoms with Gasteiger partial charge in [-0.25, -0.2) is 0 Å². The zero-order chi connectivity index (χ0) is 13.5.